The van der Waals surface area contributed by atoms with Crippen molar-refractivity contribution in [2.45, 2.75) is 40.2 Å². The van der Waals surface area contributed by atoms with Crippen LogP contribution in [0.1, 0.15) is 53.7 Å². The van der Waals surface area contributed by atoms with Gasteiger partial charge in [-0.05, 0) is 79.6 Å². The number of likely N-dealkylation sites (tertiary alicyclic amines) is 1. The second kappa shape index (κ2) is 12.5. The Hall–Kier alpha value is -3.90. The normalized spacial score (nSPS) is 20.2. The first-order valence-electron chi connectivity index (χ1n) is 14.3. The Balaban J connectivity index is 1.21. The fraction of sp³-hybridized carbons (Fsp3) is 0.353. The van der Waals surface area contributed by atoms with Crippen molar-refractivity contribution in [2.75, 3.05) is 31.1 Å². The lowest BCUT2D eigenvalue weighted by molar-refractivity contribution is -0.117. The molecular formula is C34H39N3O3. The molecule has 5 rings (SSSR count). The standard InChI is InChI=1S/C34H39N3O3/c1-24-9-11-28(12-10-24)23-37-30-7-4-5-8-31(30)40-32(34(37)39)20-27-13-15-29(16-14-27)33(38)35-17-6-18-36-21-25(2)19-26(3)22-36/h4-5,7-16,20,25-26H,6,17-19,21-23H2,1-3H3,(H,35,38)/b32-20+. The summed E-state index contributed by atoms with van der Waals surface area (Å²) in [4.78, 5) is 30.5. The highest BCUT2D eigenvalue weighted by Crippen LogP contribution is 2.36. The van der Waals surface area contributed by atoms with Crippen LogP contribution in [0, 0.1) is 18.8 Å². The third-order valence-corrected chi connectivity index (χ3v) is 7.64. The molecule has 6 nitrogen and oxygen atoms in total. The predicted octanol–water partition coefficient (Wildman–Crippen LogP) is 6.06. The Morgan fingerprint density at radius 2 is 1.68 bits per heavy atom. The minimum Gasteiger partial charge on any atom is -0.449 e. The van der Waals surface area contributed by atoms with Crippen LogP contribution < -0.4 is 15.0 Å². The first-order chi connectivity index (χ1) is 19.4. The van der Waals surface area contributed by atoms with Gasteiger partial charge in [0, 0.05) is 25.2 Å². The maximum atomic E-state index is 13.5. The quantitative estimate of drug-likeness (QED) is 0.280. The van der Waals surface area contributed by atoms with Crippen molar-refractivity contribution in [1.29, 1.82) is 0 Å². The van der Waals surface area contributed by atoms with Crippen LogP contribution in [-0.4, -0.2) is 42.9 Å². The Morgan fingerprint density at radius 3 is 2.40 bits per heavy atom. The van der Waals surface area contributed by atoms with Gasteiger partial charge in [0.15, 0.2) is 11.5 Å². The van der Waals surface area contributed by atoms with E-state index in [0.717, 1.165) is 54.7 Å². The Kier molecular flexibility index (Phi) is 8.66. The number of carbonyl (C=O) groups is 2. The number of anilines is 1. The molecule has 40 heavy (non-hydrogen) atoms. The van der Waals surface area contributed by atoms with Crippen LogP contribution >= 0.6 is 0 Å². The van der Waals surface area contributed by atoms with Gasteiger partial charge in [-0.25, -0.2) is 0 Å². The number of hydrogen-bond acceptors (Lipinski definition) is 4. The molecule has 0 radical (unpaired) electrons. The third-order valence-electron chi connectivity index (χ3n) is 7.64. The van der Waals surface area contributed by atoms with Crippen molar-refractivity contribution in [1.82, 2.24) is 10.2 Å². The van der Waals surface area contributed by atoms with Crippen molar-refractivity contribution >= 4 is 23.6 Å². The van der Waals surface area contributed by atoms with Gasteiger partial charge >= 0.3 is 0 Å². The van der Waals surface area contributed by atoms with E-state index in [-0.39, 0.29) is 17.6 Å². The number of ether oxygens (including phenoxy) is 1. The summed E-state index contributed by atoms with van der Waals surface area (Å²) in [6.45, 7) is 11.1. The van der Waals surface area contributed by atoms with E-state index in [1.807, 2.05) is 55.5 Å². The predicted molar refractivity (Wildman–Crippen MR) is 160 cm³/mol. The number of nitrogens with one attached hydrogen (secondary N) is 1. The molecule has 2 aliphatic rings. The van der Waals surface area contributed by atoms with Gasteiger partial charge in [-0.2, -0.15) is 0 Å². The van der Waals surface area contributed by atoms with E-state index in [1.54, 1.807) is 23.1 Å². The summed E-state index contributed by atoms with van der Waals surface area (Å²) in [6.07, 6.45) is 3.98. The molecule has 0 saturated carbocycles. The highest BCUT2D eigenvalue weighted by Gasteiger charge is 2.30. The number of carbonyl (C=O) groups excluding carboxylic acids is 2. The van der Waals surface area contributed by atoms with E-state index in [2.05, 4.69) is 36.2 Å². The minimum atomic E-state index is -0.196. The largest absolute Gasteiger partial charge is 0.449 e. The number of piperidine rings is 1. The second-order valence-corrected chi connectivity index (χ2v) is 11.4. The van der Waals surface area contributed by atoms with Gasteiger partial charge in [-0.3, -0.25) is 14.5 Å². The molecule has 6 heteroatoms. The molecule has 0 bridgehead atoms. The number of benzene rings is 3. The molecule has 3 aromatic rings. The van der Waals surface area contributed by atoms with Gasteiger partial charge in [0.1, 0.15) is 0 Å². The number of para-hydroxylation sites is 2. The summed E-state index contributed by atoms with van der Waals surface area (Å²) in [6, 6.07) is 23.1. The highest BCUT2D eigenvalue weighted by molar-refractivity contribution is 6.09. The summed E-state index contributed by atoms with van der Waals surface area (Å²) in [7, 11) is 0. The molecule has 1 fully saturated rings. The zero-order valence-corrected chi connectivity index (χ0v) is 23.7. The number of amides is 2. The topological polar surface area (TPSA) is 61.9 Å². The zero-order chi connectivity index (χ0) is 28.1. The molecule has 208 valence electrons. The van der Waals surface area contributed by atoms with E-state index in [9.17, 15) is 9.59 Å². The fourth-order valence-corrected chi connectivity index (χ4v) is 5.76. The van der Waals surface area contributed by atoms with Gasteiger partial charge in [0.05, 0.1) is 12.2 Å². The number of fused-ring (bicyclic) bond motifs is 1. The van der Waals surface area contributed by atoms with Crippen LogP contribution in [0.25, 0.3) is 6.08 Å². The lowest BCUT2D eigenvalue weighted by Crippen LogP contribution is -2.40. The van der Waals surface area contributed by atoms with E-state index < -0.39 is 0 Å². The van der Waals surface area contributed by atoms with Crippen LogP contribution in [0.3, 0.4) is 0 Å². The minimum absolute atomic E-state index is 0.0808. The van der Waals surface area contributed by atoms with Crippen LogP contribution in [0.15, 0.2) is 78.6 Å². The molecule has 1 N–H and O–H groups in total. The number of nitrogens with zero attached hydrogens (tertiary/aromatic N) is 2. The smallest absolute Gasteiger partial charge is 0.294 e. The van der Waals surface area contributed by atoms with Crippen molar-refractivity contribution in [2.24, 2.45) is 11.8 Å². The third kappa shape index (κ3) is 6.80. The molecule has 0 spiro atoms. The van der Waals surface area contributed by atoms with Crippen LogP contribution in [0.2, 0.25) is 0 Å². The molecule has 0 aromatic heterocycles. The molecule has 2 unspecified atom stereocenters. The molecule has 1 saturated heterocycles. The Morgan fingerprint density at radius 1 is 0.975 bits per heavy atom. The number of hydrogen-bond donors (Lipinski definition) is 1. The molecule has 2 aliphatic heterocycles. The van der Waals surface area contributed by atoms with E-state index >= 15 is 0 Å². The van der Waals surface area contributed by atoms with Crippen molar-refractivity contribution in [3.63, 3.8) is 0 Å². The average Bonchev–Trinajstić information content (AvgIpc) is 2.94. The molecule has 2 heterocycles. The summed E-state index contributed by atoms with van der Waals surface area (Å²) in [5.74, 6) is 2.11. The zero-order valence-electron chi connectivity index (χ0n) is 23.7. The van der Waals surface area contributed by atoms with Crippen molar-refractivity contribution < 1.29 is 14.3 Å². The maximum Gasteiger partial charge on any atom is 0.294 e. The van der Waals surface area contributed by atoms with Crippen LogP contribution in [0.5, 0.6) is 5.75 Å². The van der Waals surface area contributed by atoms with Gasteiger partial charge in [-0.15, -0.1) is 0 Å². The average molecular weight is 538 g/mol. The molecule has 3 aromatic carbocycles. The van der Waals surface area contributed by atoms with Crippen molar-refractivity contribution in [3.05, 3.63) is 101 Å². The summed E-state index contributed by atoms with van der Waals surface area (Å²) in [5.41, 5.74) is 4.37. The van der Waals surface area contributed by atoms with E-state index in [4.69, 9.17) is 4.74 Å². The highest BCUT2D eigenvalue weighted by atomic mass is 16.5. The maximum absolute atomic E-state index is 13.5. The second-order valence-electron chi connectivity index (χ2n) is 11.4. The van der Waals surface area contributed by atoms with Gasteiger partial charge in [0.25, 0.3) is 11.8 Å². The van der Waals surface area contributed by atoms with Gasteiger partial charge in [-0.1, -0.05) is 67.9 Å². The lowest BCUT2D eigenvalue weighted by atomic mass is 9.92. The fourth-order valence-electron chi connectivity index (χ4n) is 5.76. The van der Waals surface area contributed by atoms with Crippen molar-refractivity contribution in [3.8, 4) is 5.75 Å². The molecule has 2 atom stereocenters. The summed E-state index contributed by atoms with van der Waals surface area (Å²) < 4.78 is 6.03. The first kappa shape index (κ1) is 27.7. The first-order valence-corrected chi connectivity index (χ1v) is 14.3. The lowest BCUT2D eigenvalue weighted by Gasteiger charge is -2.34. The van der Waals surface area contributed by atoms with Crippen LogP contribution in [-0.2, 0) is 11.3 Å². The summed E-state index contributed by atoms with van der Waals surface area (Å²) in [5, 5.41) is 3.05. The molecular weight excluding hydrogens is 498 g/mol. The molecule has 2 amide bonds. The number of rotatable bonds is 8. The monoisotopic (exact) mass is 537 g/mol. The van der Waals surface area contributed by atoms with Gasteiger partial charge < -0.3 is 15.0 Å². The Bertz CT molecular complexity index is 1350. The SMILES string of the molecule is Cc1ccc(CN2C(=O)/C(=C\c3ccc(C(=O)NCCCN4CC(C)CC(C)C4)cc3)Oc3ccccc32)cc1. The van der Waals surface area contributed by atoms with E-state index in [0.29, 0.717) is 24.4 Å². The van der Waals surface area contributed by atoms with Crippen LogP contribution in [0.4, 0.5) is 5.69 Å². The molecule has 0 aliphatic carbocycles. The summed E-state index contributed by atoms with van der Waals surface area (Å²) >= 11 is 0. The van der Waals surface area contributed by atoms with Gasteiger partial charge in [0.2, 0.25) is 0 Å². The Labute approximate surface area is 237 Å². The van der Waals surface area contributed by atoms with E-state index in [1.165, 1.54) is 12.0 Å². The number of aryl methyl sites for hydroxylation is 1.